The normalized spacial score (nSPS) is 21.3. The molecular formula is C20H29N3. The first kappa shape index (κ1) is 16.1. The van der Waals surface area contributed by atoms with E-state index in [4.69, 9.17) is 5.73 Å². The zero-order valence-corrected chi connectivity index (χ0v) is 14.7. The third-order valence-corrected chi connectivity index (χ3v) is 5.04. The van der Waals surface area contributed by atoms with E-state index in [2.05, 4.69) is 48.3 Å². The molecule has 2 aliphatic heterocycles. The summed E-state index contributed by atoms with van der Waals surface area (Å²) in [5.41, 5.74) is 13.7. The Balaban J connectivity index is 1.90. The number of nitrogens with one attached hydrogen (secondary N) is 1. The van der Waals surface area contributed by atoms with Crippen molar-refractivity contribution >= 4 is 11.3 Å². The van der Waals surface area contributed by atoms with Crippen LogP contribution in [0.2, 0.25) is 0 Å². The third-order valence-electron chi connectivity index (χ3n) is 5.04. The molecule has 3 rings (SSSR count). The highest BCUT2D eigenvalue weighted by Crippen LogP contribution is 2.29. The third kappa shape index (κ3) is 3.45. The lowest BCUT2D eigenvalue weighted by Crippen LogP contribution is -2.34. The molecule has 0 atom stereocenters. The van der Waals surface area contributed by atoms with Crippen LogP contribution in [0.5, 0.6) is 0 Å². The molecule has 0 spiro atoms. The molecule has 0 aromatic heterocycles. The zero-order valence-electron chi connectivity index (χ0n) is 14.7. The van der Waals surface area contributed by atoms with Crippen molar-refractivity contribution in [1.29, 1.82) is 0 Å². The first-order valence-corrected chi connectivity index (χ1v) is 8.83. The van der Waals surface area contributed by atoms with Crippen LogP contribution in [0.1, 0.15) is 50.3 Å². The molecule has 3 heteroatoms. The molecule has 0 aliphatic carbocycles. The van der Waals surface area contributed by atoms with Gasteiger partial charge in [0.2, 0.25) is 0 Å². The quantitative estimate of drug-likeness (QED) is 0.880. The maximum atomic E-state index is 6.08. The largest absolute Gasteiger partial charge is 0.401 e. The molecule has 23 heavy (non-hydrogen) atoms. The van der Waals surface area contributed by atoms with E-state index in [1.807, 2.05) is 6.92 Å². The van der Waals surface area contributed by atoms with Gasteiger partial charge in [-0.05, 0) is 56.7 Å². The number of benzene rings is 1. The average Bonchev–Trinajstić information content (AvgIpc) is 2.76. The molecule has 2 heterocycles. The maximum absolute atomic E-state index is 6.08. The van der Waals surface area contributed by atoms with E-state index in [1.54, 1.807) is 0 Å². The Kier molecular flexibility index (Phi) is 4.76. The summed E-state index contributed by atoms with van der Waals surface area (Å²) in [7, 11) is 0. The van der Waals surface area contributed by atoms with Crippen LogP contribution < -0.4 is 11.1 Å². The number of nitrogens with zero attached hydrogens (tertiary/aromatic N) is 1. The van der Waals surface area contributed by atoms with Gasteiger partial charge in [0.25, 0.3) is 0 Å². The van der Waals surface area contributed by atoms with Crippen LogP contribution in [0.3, 0.4) is 0 Å². The Bertz CT molecular complexity index is 636. The Labute approximate surface area is 140 Å². The van der Waals surface area contributed by atoms with Crippen LogP contribution >= 0.6 is 0 Å². The summed E-state index contributed by atoms with van der Waals surface area (Å²) in [6.45, 7) is 9.76. The zero-order chi connectivity index (χ0) is 16.4. The number of hydrogen-bond donors (Lipinski definition) is 2. The van der Waals surface area contributed by atoms with Gasteiger partial charge in [0.15, 0.2) is 0 Å². The number of aryl methyl sites for hydroxylation is 1. The summed E-state index contributed by atoms with van der Waals surface area (Å²) in [5.74, 6) is 0. The van der Waals surface area contributed by atoms with Gasteiger partial charge in [0.05, 0.1) is 5.70 Å². The lowest BCUT2D eigenvalue weighted by Gasteiger charge is -2.30. The molecule has 0 saturated carbocycles. The lowest BCUT2D eigenvalue weighted by molar-refractivity contribution is 0.245. The highest BCUT2D eigenvalue weighted by molar-refractivity contribution is 5.74. The fraction of sp³-hybridized carbons (Fsp3) is 0.500. The molecule has 3 N–H and O–H groups in total. The average molecular weight is 311 g/mol. The van der Waals surface area contributed by atoms with Gasteiger partial charge in [-0.25, -0.2) is 0 Å². The lowest BCUT2D eigenvalue weighted by atomic mass is 9.92. The molecule has 3 nitrogen and oxygen atoms in total. The first-order chi connectivity index (χ1) is 11.1. The molecule has 2 aliphatic rings. The highest BCUT2D eigenvalue weighted by atomic mass is 15.1. The van der Waals surface area contributed by atoms with Crippen LogP contribution in [0.25, 0.3) is 11.3 Å². The highest BCUT2D eigenvalue weighted by Gasteiger charge is 2.18. The molecule has 0 saturated heterocycles. The molecule has 1 aromatic carbocycles. The van der Waals surface area contributed by atoms with Crippen molar-refractivity contribution in [1.82, 2.24) is 10.2 Å². The smallest absolute Gasteiger partial charge is 0.0604 e. The van der Waals surface area contributed by atoms with Crippen LogP contribution in [0.15, 0.2) is 30.0 Å². The van der Waals surface area contributed by atoms with Gasteiger partial charge >= 0.3 is 0 Å². The van der Waals surface area contributed by atoms with E-state index >= 15 is 0 Å². The van der Waals surface area contributed by atoms with Crippen LogP contribution in [0, 0.1) is 0 Å². The second-order valence-electron chi connectivity index (χ2n) is 7.03. The summed E-state index contributed by atoms with van der Waals surface area (Å²) in [6.07, 6.45) is 5.84. The first-order valence-electron chi connectivity index (χ1n) is 8.83. The molecular weight excluding hydrogens is 282 g/mol. The Morgan fingerprint density at radius 1 is 1.26 bits per heavy atom. The Hall–Kier alpha value is -1.74. The summed E-state index contributed by atoms with van der Waals surface area (Å²) in [4.78, 5) is 2.52. The van der Waals surface area contributed by atoms with E-state index < -0.39 is 0 Å². The predicted molar refractivity (Wildman–Crippen MR) is 98.9 cm³/mol. The van der Waals surface area contributed by atoms with Gasteiger partial charge in [-0.1, -0.05) is 24.3 Å². The van der Waals surface area contributed by atoms with Crippen LogP contribution in [-0.2, 0) is 6.42 Å². The predicted octanol–water partition coefficient (Wildman–Crippen LogP) is 3.37. The fourth-order valence-corrected chi connectivity index (χ4v) is 3.60. The second kappa shape index (κ2) is 6.79. The number of fused-ring (bicyclic) bond motifs is 1. The van der Waals surface area contributed by atoms with Crippen LogP contribution in [0.4, 0.5) is 0 Å². The van der Waals surface area contributed by atoms with Crippen molar-refractivity contribution in [2.45, 2.75) is 46.1 Å². The van der Waals surface area contributed by atoms with Crippen molar-refractivity contribution in [2.24, 2.45) is 5.73 Å². The molecule has 0 bridgehead atoms. The van der Waals surface area contributed by atoms with E-state index in [0.717, 1.165) is 50.3 Å². The molecule has 0 fully saturated rings. The summed E-state index contributed by atoms with van der Waals surface area (Å²) in [5, 5.41) is 3.49. The number of rotatable bonds is 2. The monoisotopic (exact) mass is 311 g/mol. The van der Waals surface area contributed by atoms with E-state index in [9.17, 15) is 0 Å². The molecule has 124 valence electrons. The molecule has 0 unspecified atom stereocenters. The Morgan fingerprint density at radius 3 is 2.74 bits per heavy atom. The van der Waals surface area contributed by atoms with E-state index in [-0.39, 0.29) is 0 Å². The maximum Gasteiger partial charge on any atom is 0.0604 e. The van der Waals surface area contributed by atoms with Gasteiger partial charge in [-0.15, -0.1) is 0 Å². The summed E-state index contributed by atoms with van der Waals surface area (Å²) >= 11 is 0. The molecule has 0 radical (unpaired) electrons. The second-order valence-corrected chi connectivity index (χ2v) is 7.03. The minimum Gasteiger partial charge on any atom is -0.401 e. The number of nitrogens with two attached hydrogens (primary N) is 1. The van der Waals surface area contributed by atoms with Crippen molar-refractivity contribution in [3.8, 4) is 0 Å². The van der Waals surface area contributed by atoms with Gasteiger partial charge in [0.1, 0.15) is 0 Å². The van der Waals surface area contributed by atoms with E-state index in [0.29, 0.717) is 6.04 Å². The topological polar surface area (TPSA) is 41.3 Å². The number of allylic oxidation sites excluding steroid dienone is 1. The van der Waals surface area contributed by atoms with Crippen molar-refractivity contribution in [3.05, 3.63) is 46.7 Å². The Morgan fingerprint density at radius 2 is 2.09 bits per heavy atom. The standard InChI is InChI=1S/C20H29N3/c1-14(2)23-11-8-16(9-12-23)17-6-7-19-18(13-17)5-4-10-22-20(19)15(3)21/h6-8,13-14,22H,4-5,9-12,21H2,1-3H3/b20-15-. The minimum absolute atomic E-state index is 0.631. The van der Waals surface area contributed by atoms with Gasteiger partial charge in [-0.3, -0.25) is 4.90 Å². The van der Waals surface area contributed by atoms with E-state index in [1.165, 1.54) is 22.3 Å². The van der Waals surface area contributed by atoms with Gasteiger partial charge in [0, 0.05) is 36.9 Å². The SMILES string of the molecule is C/C(N)=C1/NCCCc2cc(C3=CCN(C(C)C)CC3)ccc21. The van der Waals surface area contributed by atoms with Gasteiger partial charge < -0.3 is 11.1 Å². The summed E-state index contributed by atoms with van der Waals surface area (Å²) in [6, 6.07) is 7.55. The molecule has 0 amide bonds. The van der Waals surface area contributed by atoms with Crippen molar-refractivity contribution in [3.63, 3.8) is 0 Å². The van der Waals surface area contributed by atoms with Gasteiger partial charge in [-0.2, -0.15) is 0 Å². The van der Waals surface area contributed by atoms with Crippen molar-refractivity contribution < 1.29 is 0 Å². The fourth-order valence-electron chi connectivity index (χ4n) is 3.60. The van der Waals surface area contributed by atoms with Crippen molar-refractivity contribution in [2.75, 3.05) is 19.6 Å². The number of hydrogen-bond acceptors (Lipinski definition) is 3. The summed E-state index contributed by atoms with van der Waals surface area (Å²) < 4.78 is 0. The minimum atomic E-state index is 0.631. The van der Waals surface area contributed by atoms with Crippen LogP contribution in [-0.4, -0.2) is 30.6 Å². The molecule has 1 aromatic rings.